The second-order valence-electron chi connectivity index (χ2n) is 6.80. The third kappa shape index (κ3) is 5.38. The molecule has 2 aromatic rings. The Morgan fingerprint density at radius 2 is 1.54 bits per heavy atom. The molecule has 0 aliphatic rings. The Bertz CT molecular complexity index is 586. The largest absolute Gasteiger partial charge is 0.494 e. The van der Waals surface area contributed by atoms with Crippen molar-refractivity contribution >= 4 is 0 Å². The van der Waals surface area contributed by atoms with E-state index in [1.165, 1.54) is 16.7 Å². The maximum absolute atomic E-state index is 6.04. The second-order valence-corrected chi connectivity index (χ2v) is 6.80. The fourth-order valence-corrected chi connectivity index (χ4v) is 2.83. The van der Waals surface area contributed by atoms with Gasteiger partial charge in [0.05, 0.1) is 6.61 Å². The number of rotatable bonds is 9. The zero-order chi connectivity index (χ0) is 17.4. The van der Waals surface area contributed by atoms with E-state index in [0.29, 0.717) is 18.4 Å². The van der Waals surface area contributed by atoms with Gasteiger partial charge in [0.15, 0.2) is 0 Å². The van der Waals surface area contributed by atoms with Crippen molar-refractivity contribution in [3.8, 4) is 5.75 Å². The summed E-state index contributed by atoms with van der Waals surface area (Å²) in [7, 11) is 0. The molecule has 0 spiro atoms. The minimum atomic E-state index is 0.359. The smallest absolute Gasteiger partial charge is 0.119 e. The molecule has 2 nitrogen and oxygen atoms in total. The molecule has 2 heteroatoms. The first kappa shape index (κ1) is 18.5. The summed E-state index contributed by atoms with van der Waals surface area (Å²) in [6.45, 7) is 8.07. The van der Waals surface area contributed by atoms with Gasteiger partial charge in [0, 0.05) is 5.92 Å². The zero-order valence-corrected chi connectivity index (χ0v) is 15.3. The molecule has 0 heterocycles. The Balaban J connectivity index is 1.99. The van der Waals surface area contributed by atoms with Gasteiger partial charge in [0.25, 0.3) is 0 Å². The van der Waals surface area contributed by atoms with E-state index in [4.69, 9.17) is 10.5 Å². The van der Waals surface area contributed by atoms with Crippen LogP contribution in [0, 0.1) is 0 Å². The Labute approximate surface area is 147 Å². The molecular weight excluding hydrogens is 294 g/mol. The van der Waals surface area contributed by atoms with E-state index in [1.807, 2.05) is 0 Å². The summed E-state index contributed by atoms with van der Waals surface area (Å²) in [5.41, 5.74) is 10.0. The van der Waals surface area contributed by atoms with Crippen LogP contribution in [0.1, 0.15) is 62.1 Å². The number of benzene rings is 2. The van der Waals surface area contributed by atoms with Crippen molar-refractivity contribution in [3.63, 3.8) is 0 Å². The lowest BCUT2D eigenvalue weighted by molar-refractivity contribution is 0.309. The molecule has 1 unspecified atom stereocenters. The van der Waals surface area contributed by atoms with E-state index in [2.05, 4.69) is 69.3 Å². The Hall–Kier alpha value is -1.80. The SMILES string of the molecule is CCCCOc1ccc(CC(CN)c2ccc(C(C)C)cc2)cc1. The molecule has 1 atom stereocenters. The molecule has 0 aromatic heterocycles. The van der Waals surface area contributed by atoms with Crippen molar-refractivity contribution in [2.24, 2.45) is 5.73 Å². The van der Waals surface area contributed by atoms with Gasteiger partial charge in [-0.3, -0.25) is 0 Å². The summed E-state index contributed by atoms with van der Waals surface area (Å²) < 4.78 is 5.73. The summed E-state index contributed by atoms with van der Waals surface area (Å²) in [5.74, 6) is 1.88. The van der Waals surface area contributed by atoms with E-state index in [1.54, 1.807) is 0 Å². The van der Waals surface area contributed by atoms with E-state index in [-0.39, 0.29) is 0 Å². The van der Waals surface area contributed by atoms with Crippen LogP contribution in [0.3, 0.4) is 0 Å². The maximum Gasteiger partial charge on any atom is 0.119 e. The van der Waals surface area contributed by atoms with Gasteiger partial charge in [-0.15, -0.1) is 0 Å². The Morgan fingerprint density at radius 3 is 2.08 bits per heavy atom. The number of unbranched alkanes of at least 4 members (excludes halogenated alkanes) is 1. The van der Waals surface area contributed by atoms with Crippen LogP contribution in [-0.2, 0) is 6.42 Å². The van der Waals surface area contributed by atoms with E-state index in [9.17, 15) is 0 Å². The highest BCUT2D eigenvalue weighted by molar-refractivity contribution is 5.31. The van der Waals surface area contributed by atoms with Crippen LogP contribution in [0.2, 0.25) is 0 Å². The quantitative estimate of drug-likeness (QED) is 0.637. The predicted octanol–water partition coefficient (Wildman–Crippen LogP) is 5.27. The predicted molar refractivity (Wildman–Crippen MR) is 103 cm³/mol. The minimum Gasteiger partial charge on any atom is -0.494 e. The Morgan fingerprint density at radius 1 is 0.917 bits per heavy atom. The van der Waals surface area contributed by atoms with Crippen molar-refractivity contribution in [2.45, 2.75) is 51.9 Å². The van der Waals surface area contributed by atoms with Gasteiger partial charge >= 0.3 is 0 Å². The highest BCUT2D eigenvalue weighted by Crippen LogP contribution is 2.24. The average Bonchev–Trinajstić information content (AvgIpc) is 2.61. The molecule has 0 fully saturated rings. The minimum absolute atomic E-state index is 0.359. The first-order chi connectivity index (χ1) is 11.6. The zero-order valence-electron chi connectivity index (χ0n) is 15.3. The molecule has 2 rings (SSSR count). The summed E-state index contributed by atoms with van der Waals surface area (Å²) in [6.07, 6.45) is 3.22. The first-order valence-electron chi connectivity index (χ1n) is 9.15. The van der Waals surface area contributed by atoms with E-state index in [0.717, 1.165) is 31.6 Å². The van der Waals surface area contributed by atoms with Gasteiger partial charge in [0.2, 0.25) is 0 Å². The van der Waals surface area contributed by atoms with Crippen molar-refractivity contribution in [3.05, 3.63) is 65.2 Å². The van der Waals surface area contributed by atoms with Gasteiger partial charge in [0.1, 0.15) is 5.75 Å². The fraction of sp³-hybridized carbons (Fsp3) is 0.455. The molecule has 0 amide bonds. The molecule has 130 valence electrons. The molecule has 0 bridgehead atoms. The van der Waals surface area contributed by atoms with Crippen LogP contribution < -0.4 is 10.5 Å². The van der Waals surface area contributed by atoms with E-state index >= 15 is 0 Å². The van der Waals surface area contributed by atoms with Gasteiger partial charge in [-0.25, -0.2) is 0 Å². The third-order valence-electron chi connectivity index (χ3n) is 4.53. The summed E-state index contributed by atoms with van der Waals surface area (Å²) in [5, 5.41) is 0. The van der Waals surface area contributed by atoms with Crippen LogP contribution >= 0.6 is 0 Å². The number of hydrogen-bond acceptors (Lipinski definition) is 2. The molecule has 0 saturated carbocycles. The fourth-order valence-electron chi connectivity index (χ4n) is 2.83. The molecule has 0 radical (unpaired) electrons. The van der Waals surface area contributed by atoms with Gasteiger partial charge in [-0.2, -0.15) is 0 Å². The van der Waals surface area contributed by atoms with Crippen molar-refractivity contribution in [1.82, 2.24) is 0 Å². The monoisotopic (exact) mass is 325 g/mol. The van der Waals surface area contributed by atoms with Crippen LogP contribution in [0.25, 0.3) is 0 Å². The van der Waals surface area contributed by atoms with Crippen LogP contribution in [-0.4, -0.2) is 13.2 Å². The van der Waals surface area contributed by atoms with Crippen LogP contribution in [0.4, 0.5) is 0 Å². The molecule has 0 aliphatic carbocycles. The molecule has 24 heavy (non-hydrogen) atoms. The Kier molecular flexibility index (Phi) is 7.33. The van der Waals surface area contributed by atoms with Gasteiger partial charge < -0.3 is 10.5 Å². The topological polar surface area (TPSA) is 35.2 Å². The maximum atomic E-state index is 6.04. The van der Waals surface area contributed by atoms with Crippen LogP contribution in [0.5, 0.6) is 5.75 Å². The third-order valence-corrected chi connectivity index (χ3v) is 4.53. The lowest BCUT2D eigenvalue weighted by Gasteiger charge is -2.17. The molecule has 2 aromatic carbocycles. The normalized spacial score (nSPS) is 12.4. The summed E-state index contributed by atoms with van der Waals surface area (Å²) in [6, 6.07) is 17.4. The summed E-state index contributed by atoms with van der Waals surface area (Å²) in [4.78, 5) is 0. The highest BCUT2D eigenvalue weighted by Gasteiger charge is 2.11. The summed E-state index contributed by atoms with van der Waals surface area (Å²) >= 11 is 0. The second kappa shape index (κ2) is 9.48. The van der Waals surface area contributed by atoms with E-state index < -0.39 is 0 Å². The van der Waals surface area contributed by atoms with Crippen molar-refractivity contribution in [1.29, 1.82) is 0 Å². The van der Waals surface area contributed by atoms with Crippen molar-refractivity contribution < 1.29 is 4.74 Å². The van der Waals surface area contributed by atoms with Gasteiger partial charge in [-0.05, 0) is 54.1 Å². The molecular formula is C22H31NO. The number of ether oxygens (including phenoxy) is 1. The van der Waals surface area contributed by atoms with Crippen molar-refractivity contribution in [2.75, 3.05) is 13.2 Å². The highest BCUT2D eigenvalue weighted by atomic mass is 16.5. The standard InChI is InChI=1S/C22H31NO/c1-4-5-14-24-22-12-6-18(7-13-22)15-21(16-23)20-10-8-19(9-11-20)17(2)3/h6-13,17,21H,4-5,14-16,23H2,1-3H3. The molecule has 0 aliphatic heterocycles. The molecule has 0 saturated heterocycles. The lowest BCUT2D eigenvalue weighted by Crippen LogP contribution is -2.15. The average molecular weight is 325 g/mol. The van der Waals surface area contributed by atoms with Crippen LogP contribution in [0.15, 0.2) is 48.5 Å². The number of hydrogen-bond donors (Lipinski definition) is 1. The molecule has 2 N–H and O–H groups in total. The lowest BCUT2D eigenvalue weighted by atomic mass is 9.90. The van der Waals surface area contributed by atoms with Gasteiger partial charge in [-0.1, -0.05) is 63.6 Å². The first-order valence-corrected chi connectivity index (χ1v) is 9.15. The number of nitrogens with two attached hydrogens (primary N) is 1.